The van der Waals surface area contributed by atoms with E-state index in [4.69, 9.17) is 4.74 Å². The van der Waals surface area contributed by atoms with Crippen LogP contribution >= 0.6 is 0 Å². The summed E-state index contributed by atoms with van der Waals surface area (Å²) in [6.45, 7) is 5.99. The van der Waals surface area contributed by atoms with Crippen LogP contribution in [0.15, 0.2) is 18.2 Å². The molecule has 0 N–H and O–H groups in total. The molecular weight excluding hydrogens is 276 g/mol. The molecule has 1 saturated carbocycles. The Bertz CT molecular complexity index is 582. The molecule has 3 aliphatic rings. The summed E-state index contributed by atoms with van der Waals surface area (Å²) in [5.41, 5.74) is 2.25. The number of anilines is 1. The molecule has 2 fully saturated rings. The molecule has 0 aromatic heterocycles. The molecule has 4 heteroatoms. The van der Waals surface area contributed by atoms with Crippen molar-refractivity contribution in [3.8, 4) is 5.75 Å². The molecule has 22 heavy (non-hydrogen) atoms. The molecule has 1 saturated heterocycles. The van der Waals surface area contributed by atoms with E-state index >= 15 is 0 Å². The molecular formula is C18H24N2O2. The summed E-state index contributed by atoms with van der Waals surface area (Å²) in [6, 6.07) is 6.70. The Morgan fingerprint density at radius 3 is 2.91 bits per heavy atom. The van der Waals surface area contributed by atoms with Crippen molar-refractivity contribution in [2.24, 2.45) is 5.92 Å². The van der Waals surface area contributed by atoms with Crippen molar-refractivity contribution in [1.29, 1.82) is 0 Å². The van der Waals surface area contributed by atoms with Crippen LogP contribution in [0, 0.1) is 5.92 Å². The van der Waals surface area contributed by atoms with Crippen LogP contribution in [0.3, 0.4) is 0 Å². The second-order valence-electron chi connectivity index (χ2n) is 6.75. The molecule has 0 spiro atoms. The Morgan fingerprint density at radius 2 is 2.14 bits per heavy atom. The van der Waals surface area contributed by atoms with Crippen molar-refractivity contribution in [3.05, 3.63) is 23.8 Å². The molecule has 1 aromatic carbocycles. The largest absolute Gasteiger partial charge is 0.492 e. The lowest BCUT2D eigenvalue weighted by molar-refractivity contribution is -0.118. The number of hydrogen-bond acceptors (Lipinski definition) is 3. The average molecular weight is 300 g/mol. The third kappa shape index (κ3) is 2.72. The van der Waals surface area contributed by atoms with Gasteiger partial charge < -0.3 is 9.64 Å². The van der Waals surface area contributed by atoms with Crippen LogP contribution in [0.2, 0.25) is 0 Å². The average Bonchev–Trinajstić information content (AvgIpc) is 3.44. The lowest BCUT2D eigenvalue weighted by Crippen LogP contribution is -2.35. The predicted octanol–water partition coefficient (Wildman–Crippen LogP) is 2.46. The first-order valence-corrected chi connectivity index (χ1v) is 8.55. The van der Waals surface area contributed by atoms with E-state index in [1.165, 1.54) is 31.5 Å². The highest BCUT2D eigenvalue weighted by Crippen LogP contribution is 2.36. The molecule has 4 nitrogen and oxygen atoms in total. The van der Waals surface area contributed by atoms with E-state index in [0.29, 0.717) is 12.5 Å². The van der Waals surface area contributed by atoms with Gasteiger partial charge in [0.2, 0.25) is 5.91 Å². The topological polar surface area (TPSA) is 32.6 Å². The maximum absolute atomic E-state index is 12.0. The number of fused-ring (bicyclic) bond motifs is 1. The van der Waals surface area contributed by atoms with Gasteiger partial charge in [-0.2, -0.15) is 0 Å². The SMILES string of the molecule is CCN1C(=O)CCc2c(OCC3CN3CC3CC3)cccc21. The maximum atomic E-state index is 12.0. The van der Waals surface area contributed by atoms with Gasteiger partial charge in [-0.05, 0) is 44.2 Å². The first-order valence-electron chi connectivity index (χ1n) is 8.55. The summed E-state index contributed by atoms with van der Waals surface area (Å²) in [7, 11) is 0. The second-order valence-corrected chi connectivity index (χ2v) is 6.75. The van der Waals surface area contributed by atoms with Crippen molar-refractivity contribution < 1.29 is 9.53 Å². The standard InChI is InChI=1S/C18H24N2O2/c1-2-20-16-4-3-5-17(15(16)8-9-18(20)21)22-12-14-11-19(14)10-13-6-7-13/h3-5,13-14H,2,6-12H2,1H3. The number of nitrogens with zero attached hydrogens (tertiary/aromatic N) is 2. The van der Waals surface area contributed by atoms with Crippen LogP contribution in [0.1, 0.15) is 31.7 Å². The lowest BCUT2D eigenvalue weighted by atomic mass is 10.00. The minimum absolute atomic E-state index is 0.227. The van der Waals surface area contributed by atoms with Crippen molar-refractivity contribution in [3.63, 3.8) is 0 Å². The quantitative estimate of drug-likeness (QED) is 0.757. The zero-order chi connectivity index (χ0) is 15.1. The van der Waals surface area contributed by atoms with Gasteiger partial charge in [-0.25, -0.2) is 0 Å². The minimum Gasteiger partial charge on any atom is -0.492 e. The predicted molar refractivity (Wildman–Crippen MR) is 86.4 cm³/mol. The van der Waals surface area contributed by atoms with Crippen molar-refractivity contribution >= 4 is 11.6 Å². The molecule has 4 rings (SSSR count). The van der Waals surface area contributed by atoms with Gasteiger partial charge in [-0.1, -0.05) is 6.07 Å². The van der Waals surface area contributed by atoms with E-state index in [-0.39, 0.29) is 5.91 Å². The van der Waals surface area contributed by atoms with Crippen LogP contribution in [0.4, 0.5) is 5.69 Å². The highest BCUT2D eigenvalue weighted by Gasteiger charge is 2.38. The highest BCUT2D eigenvalue weighted by atomic mass is 16.5. The highest BCUT2D eigenvalue weighted by molar-refractivity contribution is 5.96. The summed E-state index contributed by atoms with van der Waals surface area (Å²) in [5.74, 6) is 2.16. The summed E-state index contributed by atoms with van der Waals surface area (Å²) in [5, 5.41) is 0. The molecule has 1 aliphatic carbocycles. The Balaban J connectivity index is 1.42. The summed E-state index contributed by atoms with van der Waals surface area (Å²) < 4.78 is 6.11. The van der Waals surface area contributed by atoms with Gasteiger partial charge in [-0.15, -0.1) is 0 Å². The van der Waals surface area contributed by atoms with Gasteiger partial charge in [0.15, 0.2) is 0 Å². The second kappa shape index (κ2) is 5.58. The van der Waals surface area contributed by atoms with Crippen molar-refractivity contribution in [2.75, 3.05) is 31.1 Å². The zero-order valence-corrected chi connectivity index (χ0v) is 13.3. The fraction of sp³-hybridized carbons (Fsp3) is 0.611. The maximum Gasteiger partial charge on any atom is 0.227 e. The summed E-state index contributed by atoms with van der Waals surface area (Å²) >= 11 is 0. The third-order valence-corrected chi connectivity index (χ3v) is 5.05. The van der Waals surface area contributed by atoms with Crippen molar-refractivity contribution in [1.82, 2.24) is 4.90 Å². The van der Waals surface area contributed by atoms with Crippen LogP contribution in [0.5, 0.6) is 5.75 Å². The monoisotopic (exact) mass is 300 g/mol. The Kier molecular flexibility index (Phi) is 3.57. The Hall–Kier alpha value is -1.55. The first-order chi connectivity index (χ1) is 10.8. The van der Waals surface area contributed by atoms with Crippen LogP contribution in [-0.2, 0) is 11.2 Å². The molecule has 118 valence electrons. The van der Waals surface area contributed by atoms with E-state index in [1.807, 2.05) is 24.0 Å². The smallest absolute Gasteiger partial charge is 0.227 e. The van der Waals surface area contributed by atoms with E-state index < -0.39 is 0 Å². The van der Waals surface area contributed by atoms with Gasteiger partial charge in [0.25, 0.3) is 0 Å². The minimum atomic E-state index is 0.227. The molecule has 2 heterocycles. The molecule has 2 aliphatic heterocycles. The number of hydrogen-bond donors (Lipinski definition) is 0. The van der Waals surface area contributed by atoms with E-state index in [9.17, 15) is 4.79 Å². The number of benzene rings is 1. The van der Waals surface area contributed by atoms with E-state index in [2.05, 4.69) is 11.0 Å². The molecule has 1 amide bonds. The fourth-order valence-electron chi connectivity index (χ4n) is 3.46. The zero-order valence-electron chi connectivity index (χ0n) is 13.3. The first kappa shape index (κ1) is 14.1. The molecule has 0 radical (unpaired) electrons. The number of rotatable bonds is 6. The van der Waals surface area contributed by atoms with Crippen LogP contribution in [0.25, 0.3) is 0 Å². The number of ether oxygens (including phenoxy) is 1. The molecule has 0 bridgehead atoms. The Labute approximate surface area is 132 Å². The van der Waals surface area contributed by atoms with Gasteiger partial charge in [0.1, 0.15) is 12.4 Å². The van der Waals surface area contributed by atoms with Gasteiger partial charge in [0, 0.05) is 31.6 Å². The third-order valence-electron chi connectivity index (χ3n) is 5.05. The molecule has 1 aromatic rings. The molecule has 2 unspecified atom stereocenters. The molecule has 2 atom stereocenters. The van der Waals surface area contributed by atoms with Gasteiger partial charge in [0.05, 0.1) is 11.7 Å². The summed E-state index contributed by atoms with van der Waals surface area (Å²) in [4.78, 5) is 16.4. The van der Waals surface area contributed by atoms with Crippen LogP contribution < -0.4 is 9.64 Å². The van der Waals surface area contributed by atoms with Gasteiger partial charge in [-0.3, -0.25) is 9.69 Å². The number of carbonyl (C=O) groups is 1. The fourth-order valence-corrected chi connectivity index (χ4v) is 3.46. The Morgan fingerprint density at radius 1 is 1.27 bits per heavy atom. The summed E-state index contributed by atoms with van der Waals surface area (Å²) in [6.07, 6.45) is 4.23. The van der Waals surface area contributed by atoms with E-state index in [1.54, 1.807) is 0 Å². The van der Waals surface area contributed by atoms with Crippen LogP contribution in [-0.4, -0.2) is 43.1 Å². The number of carbonyl (C=O) groups excluding carboxylic acids is 1. The number of amides is 1. The normalized spacial score (nSPS) is 26.8. The van der Waals surface area contributed by atoms with Crippen molar-refractivity contribution in [2.45, 2.75) is 38.6 Å². The van der Waals surface area contributed by atoms with Gasteiger partial charge >= 0.3 is 0 Å². The lowest BCUT2D eigenvalue weighted by Gasteiger charge is -2.29. The van der Waals surface area contributed by atoms with E-state index in [0.717, 1.165) is 36.9 Å².